The lowest BCUT2D eigenvalue weighted by Crippen LogP contribution is -2.03. The van der Waals surface area contributed by atoms with Gasteiger partial charge in [-0.1, -0.05) is 29.4 Å². The van der Waals surface area contributed by atoms with Crippen molar-refractivity contribution in [3.8, 4) is 11.1 Å². The van der Waals surface area contributed by atoms with E-state index in [-0.39, 0.29) is 0 Å². The molecule has 5 rings (SSSR count). The van der Waals surface area contributed by atoms with Gasteiger partial charge in [0.25, 0.3) is 0 Å². The minimum Gasteiger partial charge on any atom is -0.373 e. The van der Waals surface area contributed by atoms with Crippen LogP contribution < -0.4 is 0 Å². The van der Waals surface area contributed by atoms with Crippen LogP contribution in [0.3, 0.4) is 0 Å². The highest BCUT2D eigenvalue weighted by molar-refractivity contribution is 5.80. The molecule has 0 radical (unpaired) electrons. The van der Waals surface area contributed by atoms with Gasteiger partial charge in [-0.15, -0.1) is 0 Å². The van der Waals surface area contributed by atoms with E-state index in [0.29, 0.717) is 6.10 Å². The van der Waals surface area contributed by atoms with Crippen molar-refractivity contribution in [1.29, 1.82) is 0 Å². The van der Waals surface area contributed by atoms with E-state index in [1.807, 2.05) is 27.0 Å². The average Bonchev–Trinajstić information content (AvgIpc) is 3.37. The number of fused-ring (bicyclic) bond motifs is 1. The predicted octanol–water partition coefficient (Wildman–Crippen LogP) is 4.00. The Morgan fingerprint density at radius 2 is 1.86 bits per heavy atom. The minimum atomic E-state index is 0.416. The second kappa shape index (κ2) is 6.56. The number of nitrogens with zero attached hydrogens (tertiary/aromatic N) is 4. The lowest BCUT2D eigenvalue weighted by Gasteiger charge is -2.09. The molecular formula is C22H22N4O2. The standard InChI is InChI=1S/C22H22N4O2/c1-13-21(14(2)28-25-13)18-9-20-22(23-10-18)24-15(3)26(20)11-17-6-4-16(5-7-17)8-19-12-27-19/h4-7,9-10,19H,8,11-12H2,1-3H3. The molecule has 0 amide bonds. The van der Waals surface area contributed by atoms with E-state index in [0.717, 1.165) is 59.1 Å². The molecule has 0 N–H and O–H groups in total. The van der Waals surface area contributed by atoms with Gasteiger partial charge in [0.15, 0.2) is 5.65 Å². The van der Waals surface area contributed by atoms with Crippen molar-refractivity contribution in [2.75, 3.05) is 6.61 Å². The highest BCUT2D eigenvalue weighted by Gasteiger charge is 2.22. The normalized spacial score (nSPS) is 16.0. The van der Waals surface area contributed by atoms with Crippen molar-refractivity contribution >= 4 is 11.2 Å². The first kappa shape index (κ1) is 17.1. The van der Waals surface area contributed by atoms with Crippen LogP contribution in [0.15, 0.2) is 41.1 Å². The highest BCUT2D eigenvalue weighted by Crippen LogP contribution is 2.29. The van der Waals surface area contributed by atoms with Crippen molar-refractivity contribution in [3.05, 3.63) is 64.9 Å². The van der Waals surface area contributed by atoms with Crippen molar-refractivity contribution in [1.82, 2.24) is 19.7 Å². The maximum atomic E-state index is 5.33. The summed E-state index contributed by atoms with van der Waals surface area (Å²) in [6.45, 7) is 7.55. The van der Waals surface area contributed by atoms with Crippen molar-refractivity contribution in [2.45, 2.75) is 39.8 Å². The summed E-state index contributed by atoms with van der Waals surface area (Å²) in [5.74, 6) is 1.76. The molecule has 1 aliphatic heterocycles. The topological polar surface area (TPSA) is 69.3 Å². The van der Waals surface area contributed by atoms with Crippen LogP contribution in [-0.4, -0.2) is 32.4 Å². The summed E-state index contributed by atoms with van der Waals surface area (Å²) in [7, 11) is 0. The Balaban J connectivity index is 1.49. The SMILES string of the molecule is Cc1noc(C)c1-c1cnc2nc(C)n(Cc3ccc(CC4CO4)cc3)c2c1. The molecule has 142 valence electrons. The van der Waals surface area contributed by atoms with Crippen molar-refractivity contribution in [3.63, 3.8) is 0 Å². The molecule has 1 fully saturated rings. The maximum Gasteiger partial charge on any atom is 0.177 e. The molecule has 0 spiro atoms. The first-order valence-corrected chi connectivity index (χ1v) is 9.54. The van der Waals surface area contributed by atoms with Crippen LogP contribution in [-0.2, 0) is 17.7 Å². The second-order valence-electron chi connectivity index (χ2n) is 7.49. The summed E-state index contributed by atoms with van der Waals surface area (Å²) in [5.41, 5.74) is 7.22. The van der Waals surface area contributed by atoms with Crippen LogP contribution in [0.4, 0.5) is 0 Å². The average molecular weight is 374 g/mol. The maximum absolute atomic E-state index is 5.33. The molecule has 1 aliphatic rings. The molecule has 1 saturated heterocycles. The Bertz CT molecular complexity index is 1130. The van der Waals surface area contributed by atoms with Crippen LogP contribution in [0.1, 0.15) is 28.4 Å². The van der Waals surface area contributed by atoms with Gasteiger partial charge in [0.2, 0.25) is 0 Å². The van der Waals surface area contributed by atoms with Gasteiger partial charge < -0.3 is 13.8 Å². The summed E-state index contributed by atoms with van der Waals surface area (Å²) >= 11 is 0. The highest BCUT2D eigenvalue weighted by atomic mass is 16.6. The fourth-order valence-corrected chi connectivity index (χ4v) is 3.76. The largest absolute Gasteiger partial charge is 0.373 e. The van der Waals surface area contributed by atoms with Crippen molar-refractivity contribution in [2.24, 2.45) is 0 Å². The lowest BCUT2D eigenvalue weighted by molar-refractivity contribution is 0.393. The third kappa shape index (κ3) is 3.10. The number of imidazole rings is 1. The number of epoxide rings is 1. The van der Waals surface area contributed by atoms with Gasteiger partial charge in [-0.2, -0.15) is 0 Å². The van der Waals surface area contributed by atoms with Gasteiger partial charge in [-0.05, 0) is 38.0 Å². The molecule has 1 aromatic carbocycles. The number of hydrogen-bond acceptors (Lipinski definition) is 5. The second-order valence-corrected chi connectivity index (χ2v) is 7.49. The van der Waals surface area contributed by atoms with E-state index in [1.54, 1.807) is 0 Å². The molecule has 6 nitrogen and oxygen atoms in total. The number of ether oxygens (including phenoxy) is 1. The number of aromatic nitrogens is 4. The third-order valence-corrected chi connectivity index (χ3v) is 5.35. The zero-order chi connectivity index (χ0) is 19.3. The van der Waals surface area contributed by atoms with E-state index in [1.165, 1.54) is 11.1 Å². The molecule has 0 aliphatic carbocycles. The smallest absolute Gasteiger partial charge is 0.177 e. The van der Waals surface area contributed by atoms with E-state index >= 15 is 0 Å². The summed E-state index contributed by atoms with van der Waals surface area (Å²) in [5, 5.41) is 4.07. The Hall–Kier alpha value is -2.99. The fourth-order valence-electron chi connectivity index (χ4n) is 3.76. The van der Waals surface area contributed by atoms with Crippen LogP contribution in [0.25, 0.3) is 22.3 Å². The Labute approximate surface area is 163 Å². The Morgan fingerprint density at radius 1 is 1.11 bits per heavy atom. The molecule has 28 heavy (non-hydrogen) atoms. The van der Waals surface area contributed by atoms with E-state index in [9.17, 15) is 0 Å². The molecule has 1 unspecified atom stereocenters. The van der Waals surface area contributed by atoms with E-state index in [2.05, 4.69) is 50.0 Å². The number of rotatable bonds is 5. The van der Waals surface area contributed by atoms with Gasteiger partial charge in [0.05, 0.1) is 23.9 Å². The molecule has 6 heteroatoms. The number of aryl methyl sites for hydroxylation is 3. The summed E-state index contributed by atoms with van der Waals surface area (Å²) in [6, 6.07) is 10.9. The van der Waals surface area contributed by atoms with Gasteiger partial charge in [0.1, 0.15) is 11.6 Å². The molecule has 3 aromatic heterocycles. The van der Waals surface area contributed by atoms with Crippen LogP contribution in [0.2, 0.25) is 0 Å². The summed E-state index contributed by atoms with van der Waals surface area (Å²) < 4.78 is 12.9. The molecule has 4 aromatic rings. The van der Waals surface area contributed by atoms with Crippen LogP contribution in [0.5, 0.6) is 0 Å². The first-order chi connectivity index (χ1) is 13.6. The van der Waals surface area contributed by atoms with Gasteiger partial charge in [-0.25, -0.2) is 9.97 Å². The first-order valence-electron chi connectivity index (χ1n) is 9.54. The molecular weight excluding hydrogens is 352 g/mol. The Morgan fingerprint density at radius 3 is 2.54 bits per heavy atom. The van der Waals surface area contributed by atoms with Crippen LogP contribution >= 0.6 is 0 Å². The molecule has 0 bridgehead atoms. The van der Waals surface area contributed by atoms with Gasteiger partial charge >= 0.3 is 0 Å². The fraction of sp³-hybridized carbons (Fsp3) is 0.318. The quantitative estimate of drug-likeness (QED) is 0.494. The number of pyridine rings is 1. The van der Waals surface area contributed by atoms with Crippen LogP contribution in [0, 0.1) is 20.8 Å². The van der Waals surface area contributed by atoms with Crippen molar-refractivity contribution < 1.29 is 9.26 Å². The van der Waals surface area contributed by atoms with Gasteiger partial charge in [0, 0.05) is 30.3 Å². The predicted molar refractivity (Wildman–Crippen MR) is 106 cm³/mol. The zero-order valence-corrected chi connectivity index (χ0v) is 16.3. The number of hydrogen-bond donors (Lipinski definition) is 0. The molecule has 0 saturated carbocycles. The summed E-state index contributed by atoms with van der Waals surface area (Å²) in [6.07, 6.45) is 3.26. The van der Waals surface area contributed by atoms with E-state index < -0.39 is 0 Å². The van der Waals surface area contributed by atoms with E-state index in [4.69, 9.17) is 9.26 Å². The molecule has 4 heterocycles. The third-order valence-electron chi connectivity index (χ3n) is 5.35. The summed E-state index contributed by atoms with van der Waals surface area (Å²) in [4.78, 5) is 9.22. The van der Waals surface area contributed by atoms with Gasteiger partial charge in [-0.3, -0.25) is 0 Å². The monoisotopic (exact) mass is 374 g/mol. The lowest BCUT2D eigenvalue weighted by atomic mass is 10.1. The zero-order valence-electron chi connectivity index (χ0n) is 16.3. The minimum absolute atomic E-state index is 0.416. The Kier molecular flexibility index (Phi) is 4.02. The number of benzene rings is 1. The molecule has 1 atom stereocenters.